The number of hydrogen-bond acceptors (Lipinski definition) is 3. The monoisotopic (exact) mass is 279 g/mol. The molecule has 1 heterocycles. The molecule has 2 unspecified atom stereocenters. The third-order valence-corrected chi connectivity index (χ3v) is 4.12. The number of rotatable bonds is 4. The maximum Gasteiger partial charge on any atom is 0.146 e. The van der Waals surface area contributed by atoms with Gasteiger partial charge in [0, 0.05) is 31.7 Å². The van der Waals surface area contributed by atoms with Crippen molar-refractivity contribution in [3.8, 4) is 0 Å². The van der Waals surface area contributed by atoms with Crippen molar-refractivity contribution in [1.29, 1.82) is 0 Å². The molecule has 0 bridgehead atoms. The molecule has 112 valence electrons. The number of benzene rings is 1. The van der Waals surface area contributed by atoms with Gasteiger partial charge in [-0.05, 0) is 45.1 Å². The van der Waals surface area contributed by atoms with E-state index >= 15 is 0 Å². The minimum Gasteiger partial charge on any atom is -0.364 e. The highest BCUT2D eigenvalue weighted by molar-refractivity contribution is 5.51. The molecule has 1 saturated heterocycles. The Morgan fingerprint density at radius 2 is 2.15 bits per heavy atom. The smallest absolute Gasteiger partial charge is 0.146 e. The summed E-state index contributed by atoms with van der Waals surface area (Å²) in [6.45, 7) is 10.0. The molecular weight excluding hydrogens is 253 g/mol. The van der Waals surface area contributed by atoms with E-state index in [0.29, 0.717) is 6.04 Å². The van der Waals surface area contributed by atoms with Crippen LogP contribution in [-0.2, 0) is 0 Å². The molecule has 2 rings (SSSR count). The first-order valence-corrected chi connectivity index (χ1v) is 7.51. The zero-order chi connectivity index (χ0) is 14.7. The molecule has 0 radical (unpaired) electrons. The lowest BCUT2D eigenvalue weighted by Gasteiger charge is -2.40. The summed E-state index contributed by atoms with van der Waals surface area (Å²) in [6.07, 6.45) is 0. The second kappa shape index (κ2) is 6.55. The molecule has 0 spiro atoms. The molecule has 1 aliphatic rings. The van der Waals surface area contributed by atoms with Crippen LogP contribution >= 0.6 is 0 Å². The summed E-state index contributed by atoms with van der Waals surface area (Å²) in [7, 11) is 2.12. The van der Waals surface area contributed by atoms with Crippen LogP contribution in [0.5, 0.6) is 0 Å². The molecule has 4 heteroatoms. The second-order valence-electron chi connectivity index (χ2n) is 5.79. The molecule has 20 heavy (non-hydrogen) atoms. The van der Waals surface area contributed by atoms with Crippen molar-refractivity contribution in [2.45, 2.75) is 32.9 Å². The Morgan fingerprint density at radius 1 is 1.40 bits per heavy atom. The van der Waals surface area contributed by atoms with Gasteiger partial charge in [0.15, 0.2) is 0 Å². The van der Waals surface area contributed by atoms with Crippen molar-refractivity contribution >= 4 is 5.69 Å². The van der Waals surface area contributed by atoms with Gasteiger partial charge in [-0.25, -0.2) is 4.39 Å². The van der Waals surface area contributed by atoms with Gasteiger partial charge in [-0.2, -0.15) is 0 Å². The maximum absolute atomic E-state index is 14.4. The van der Waals surface area contributed by atoms with E-state index < -0.39 is 0 Å². The predicted octanol–water partition coefficient (Wildman–Crippen LogP) is 2.64. The number of halogens is 1. The molecule has 3 nitrogen and oxygen atoms in total. The van der Waals surface area contributed by atoms with Crippen molar-refractivity contribution in [3.05, 3.63) is 29.6 Å². The van der Waals surface area contributed by atoms with Crippen molar-refractivity contribution in [2.24, 2.45) is 0 Å². The van der Waals surface area contributed by atoms with Gasteiger partial charge >= 0.3 is 0 Å². The highest BCUT2D eigenvalue weighted by Crippen LogP contribution is 2.26. The van der Waals surface area contributed by atoms with E-state index in [1.807, 2.05) is 12.1 Å². The minimum atomic E-state index is -0.108. The van der Waals surface area contributed by atoms with E-state index in [0.717, 1.165) is 37.4 Å². The number of hydrogen-bond donors (Lipinski definition) is 1. The Balaban J connectivity index is 2.17. The van der Waals surface area contributed by atoms with Crippen molar-refractivity contribution in [3.63, 3.8) is 0 Å². The Hall–Kier alpha value is -1.13. The zero-order valence-electron chi connectivity index (χ0n) is 13.0. The van der Waals surface area contributed by atoms with Crippen molar-refractivity contribution in [2.75, 3.05) is 38.1 Å². The van der Waals surface area contributed by atoms with E-state index in [2.05, 4.69) is 42.9 Å². The molecule has 1 aliphatic heterocycles. The molecule has 0 aromatic heterocycles. The van der Waals surface area contributed by atoms with Gasteiger partial charge in [-0.15, -0.1) is 0 Å². The van der Waals surface area contributed by atoms with Crippen LogP contribution in [-0.4, -0.2) is 44.2 Å². The standard InChI is InChI=1S/C16H26FN3/c1-5-18-13(3)14-6-7-16(15(17)10-14)20-9-8-19(4)11-12(20)2/h6-7,10,12-13,18H,5,8-9,11H2,1-4H3. The van der Waals surface area contributed by atoms with Gasteiger partial charge in [-0.3, -0.25) is 0 Å². The summed E-state index contributed by atoms with van der Waals surface area (Å²) in [5.41, 5.74) is 1.74. The lowest BCUT2D eigenvalue weighted by Crippen LogP contribution is -2.50. The fourth-order valence-electron chi connectivity index (χ4n) is 2.95. The number of nitrogens with zero attached hydrogens (tertiary/aromatic N) is 2. The Bertz CT molecular complexity index is 449. The SMILES string of the molecule is CCNC(C)c1ccc(N2CCN(C)CC2C)c(F)c1. The van der Waals surface area contributed by atoms with Gasteiger partial charge in [0.05, 0.1) is 5.69 Å². The maximum atomic E-state index is 14.4. The zero-order valence-corrected chi connectivity index (χ0v) is 13.0. The molecule has 1 aromatic rings. The first-order valence-electron chi connectivity index (χ1n) is 7.51. The molecule has 0 saturated carbocycles. The summed E-state index contributed by atoms with van der Waals surface area (Å²) in [6, 6.07) is 6.18. The number of anilines is 1. The number of piperazine rings is 1. The normalized spacial score (nSPS) is 22.1. The number of nitrogens with one attached hydrogen (secondary N) is 1. The summed E-state index contributed by atoms with van der Waals surface area (Å²) >= 11 is 0. The third-order valence-electron chi connectivity index (χ3n) is 4.12. The first kappa shape index (κ1) is 15.3. The lowest BCUT2D eigenvalue weighted by atomic mass is 10.1. The van der Waals surface area contributed by atoms with Crippen LogP contribution in [0.15, 0.2) is 18.2 Å². The van der Waals surface area contributed by atoms with Crippen LogP contribution in [0.2, 0.25) is 0 Å². The Labute approximate surface area is 121 Å². The average molecular weight is 279 g/mol. The molecule has 1 aromatic carbocycles. The molecule has 1 fully saturated rings. The van der Waals surface area contributed by atoms with Crippen molar-refractivity contribution < 1.29 is 4.39 Å². The largest absolute Gasteiger partial charge is 0.364 e. The molecule has 1 N–H and O–H groups in total. The van der Waals surface area contributed by atoms with Gasteiger partial charge in [0.25, 0.3) is 0 Å². The first-order chi connectivity index (χ1) is 9.52. The van der Waals surface area contributed by atoms with E-state index in [1.165, 1.54) is 0 Å². The molecule has 0 amide bonds. The fourth-order valence-corrected chi connectivity index (χ4v) is 2.95. The van der Waals surface area contributed by atoms with Crippen LogP contribution in [0.25, 0.3) is 0 Å². The summed E-state index contributed by atoms with van der Waals surface area (Å²) < 4.78 is 14.4. The highest BCUT2D eigenvalue weighted by atomic mass is 19.1. The average Bonchev–Trinajstić information content (AvgIpc) is 2.40. The number of likely N-dealkylation sites (N-methyl/N-ethyl adjacent to an activating group) is 1. The van der Waals surface area contributed by atoms with Gasteiger partial charge in [-0.1, -0.05) is 13.0 Å². The quantitative estimate of drug-likeness (QED) is 0.914. The third kappa shape index (κ3) is 3.30. The van der Waals surface area contributed by atoms with E-state index in [4.69, 9.17) is 0 Å². The van der Waals surface area contributed by atoms with E-state index in [9.17, 15) is 4.39 Å². The second-order valence-corrected chi connectivity index (χ2v) is 5.79. The predicted molar refractivity (Wildman–Crippen MR) is 82.8 cm³/mol. The molecule has 0 aliphatic carbocycles. The summed E-state index contributed by atoms with van der Waals surface area (Å²) in [5, 5.41) is 3.32. The molecule has 2 atom stereocenters. The van der Waals surface area contributed by atoms with Crippen LogP contribution in [0, 0.1) is 5.82 Å². The van der Waals surface area contributed by atoms with Gasteiger partial charge in [0.1, 0.15) is 5.82 Å². The Kier molecular flexibility index (Phi) is 5.00. The highest BCUT2D eigenvalue weighted by Gasteiger charge is 2.24. The van der Waals surface area contributed by atoms with E-state index in [1.54, 1.807) is 6.07 Å². The fraction of sp³-hybridized carbons (Fsp3) is 0.625. The lowest BCUT2D eigenvalue weighted by molar-refractivity contribution is 0.274. The van der Waals surface area contributed by atoms with Crippen LogP contribution in [0.3, 0.4) is 0 Å². The van der Waals surface area contributed by atoms with Crippen molar-refractivity contribution in [1.82, 2.24) is 10.2 Å². The van der Waals surface area contributed by atoms with Gasteiger partial charge < -0.3 is 15.1 Å². The summed E-state index contributed by atoms with van der Waals surface area (Å²) in [4.78, 5) is 4.47. The van der Waals surface area contributed by atoms with Gasteiger partial charge in [0.2, 0.25) is 0 Å². The Morgan fingerprint density at radius 3 is 2.75 bits per heavy atom. The van der Waals surface area contributed by atoms with Crippen LogP contribution in [0.1, 0.15) is 32.4 Å². The van der Waals surface area contributed by atoms with E-state index in [-0.39, 0.29) is 11.9 Å². The van der Waals surface area contributed by atoms with Crippen LogP contribution in [0.4, 0.5) is 10.1 Å². The topological polar surface area (TPSA) is 18.5 Å². The summed E-state index contributed by atoms with van der Waals surface area (Å²) in [5.74, 6) is -0.108. The minimum absolute atomic E-state index is 0.108. The molecular formula is C16H26FN3. The van der Waals surface area contributed by atoms with Crippen LogP contribution < -0.4 is 10.2 Å².